The van der Waals surface area contributed by atoms with Gasteiger partial charge in [-0.05, 0) is 116 Å². The van der Waals surface area contributed by atoms with Crippen molar-refractivity contribution in [1.82, 2.24) is 0 Å². The minimum absolute atomic E-state index is 0.561. The molecule has 1 aromatic carbocycles. The van der Waals surface area contributed by atoms with Gasteiger partial charge in [0.15, 0.2) is 0 Å². The summed E-state index contributed by atoms with van der Waals surface area (Å²) in [5.41, 5.74) is 6.34. The third kappa shape index (κ3) is 5.01. The highest BCUT2D eigenvalue weighted by Gasteiger charge is 2.51. The van der Waals surface area contributed by atoms with Gasteiger partial charge in [0.2, 0.25) is 0 Å². The van der Waals surface area contributed by atoms with Crippen LogP contribution >= 0.6 is 0 Å². The number of allylic oxidation sites excluding steroid dienone is 2. The molecule has 5 aliphatic carbocycles. The average Bonchev–Trinajstić information content (AvgIpc) is 2.85. The Labute approximate surface area is 206 Å². The standard InChI is InChI=1S/C17H28.C14H18.C2H6/c1-16(2)11-6-12-17(3)14-8-5-4-7-13(14)9-10-15(16)17;1-3-7-13-11(5-1)9-10-12-6-2-4-8-14(12)13;1-2/h8,13,15H,4-7,9-12H2,1-3H3;1,3,5,7,12,14H,2,4,6,8-10H2;1-2H3/t13?,15?,17-;;/m1../s1. The van der Waals surface area contributed by atoms with Crippen LogP contribution in [0.15, 0.2) is 35.9 Å². The van der Waals surface area contributed by atoms with E-state index in [2.05, 4.69) is 51.1 Å². The molecule has 3 fully saturated rings. The molecule has 5 aliphatic rings. The molecule has 0 N–H and O–H groups in total. The van der Waals surface area contributed by atoms with E-state index in [9.17, 15) is 0 Å². The molecular formula is C33H52. The van der Waals surface area contributed by atoms with E-state index in [0.717, 1.165) is 23.7 Å². The van der Waals surface area contributed by atoms with E-state index in [1.165, 1.54) is 89.9 Å². The van der Waals surface area contributed by atoms with Gasteiger partial charge in [-0.1, -0.05) is 89.8 Å². The summed E-state index contributed by atoms with van der Waals surface area (Å²) in [4.78, 5) is 0. The van der Waals surface area contributed by atoms with Crippen LogP contribution < -0.4 is 0 Å². The maximum absolute atomic E-state index is 2.64. The maximum Gasteiger partial charge on any atom is -0.00803 e. The second kappa shape index (κ2) is 10.7. The highest BCUT2D eigenvalue weighted by Crippen LogP contribution is 2.62. The molecule has 33 heavy (non-hydrogen) atoms. The average molecular weight is 449 g/mol. The van der Waals surface area contributed by atoms with Crippen molar-refractivity contribution >= 4 is 0 Å². The Hall–Kier alpha value is -1.04. The predicted octanol–water partition coefficient (Wildman–Crippen LogP) is 10.3. The van der Waals surface area contributed by atoms with E-state index in [4.69, 9.17) is 0 Å². The fraction of sp³-hybridized carbons (Fsp3) is 0.758. The lowest BCUT2D eigenvalue weighted by Crippen LogP contribution is -2.48. The molecule has 0 heterocycles. The number of benzene rings is 1. The maximum atomic E-state index is 2.64. The van der Waals surface area contributed by atoms with E-state index in [1.54, 1.807) is 11.1 Å². The van der Waals surface area contributed by atoms with Gasteiger partial charge in [0.05, 0.1) is 0 Å². The Morgan fingerprint density at radius 1 is 0.758 bits per heavy atom. The van der Waals surface area contributed by atoms with Crippen molar-refractivity contribution in [2.75, 3.05) is 0 Å². The number of rotatable bonds is 0. The van der Waals surface area contributed by atoms with Gasteiger partial charge in [-0.2, -0.15) is 0 Å². The second-order valence-corrected chi connectivity index (χ2v) is 12.6. The molecule has 0 bridgehead atoms. The Balaban J connectivity index is 0.000000148. The normalized spacial score (nSPS) is 36.1. The molecule has 0 aromatic heterocycles. The van der Waals surface area contributed by atoms with Crippen LogP contribution in [0.5, 0.6) is 0 Å². The van der Waals surface area contributed by atoms with Crippen LogP contribution in [0.4, 0.5) is 0 Å². The summed E-state index contributed by atoms with van der Waals surface area (Å²) in [5, 5.41) is 0. The Morgan fingerprint density at radius 3 is 2.39 bits per heavy atom. The third-order valence-corrected chi connectivity index (χ3v) is 10.4. The zero-order valence-corrected chi connectivity index (χ0v) is 22.6. The topological polar surface area (TPSA) is 0 Å². The van der Waals surface area contributed by atoms with Crippen LogP contribution in [0.2, 0.25) is 0 Å². The first-order chi connectivity index (χ1) is 16.0. The molecule has 5 atom stereocenters. The van der Waals surface area contributed by atoms with Crippen molar-refractivity contribution in [2.45, 2.75) is 130 Å². The molecule has 6 rings (SSSR count). The summed E-state index contributed by atoms with van der Waals surface area (Å²) in [6, 6.07) is 9.12. The van der Waals surface area contributed by atoms with Gasteiger partial charge in [-0.15, -0.1) is 0 Å². The molecule has 0 saturated heterocycles. The van der Waals surface area contributed by atoms with E-state index in [1.807, 2.05) is 19.4 Å². The molecule has 0 nitrogen and oxygen atoms in total. The number of hydrogen-bond acceptors (Lipinski definition) is 0. The minimum atomic E-state index is 0.561. The van der Waals surface area contributed by atoms with Gasteiger partial charge in [0, 0.05) is 0 Å². The molecule has 0 amide bonds. The van der Waals surface area contributed by atoms with Crippen LogP contribution in [-0.4, -0.2) is 0 Å². The van der Waals surface area contributed by atoms with Crippen molar-refractivity contribution in [3.63, 3.8) is 0 Å². The van der Waals surface area contributed by atoms with E-state index < -0.39 is 0 Å². The molecule has 0 spiro atoms. The van der Waals surface area contributed by atoms with Crippen molar-refractivity contribution in [1.29, 1.82) is 0 Å². The SMILES string of the molecule is CC.CC1(C)CCC[C@]2(C)C3=CCCCC3CCC12.c1ccc2c(c1)CCC1CCCCC21. The van der Waals surface area contributed by atoms with Gasteiger partial charge >= 0.3 is 0 Å². The zero-order chi connectivity index (χ0) is 23.5. The summed E-state index contributed by atoms with van der Waals surface area (Å²) in [6.07, 6.45) is 22.9. The Morgan fingerprint density at radius 2 is 1.55 bits per heavy atom. The second-order valence-electron chi connectivity index (χ2n) is 12.6. The monoisotopic (exact) mass is 448 g/mol. The van der Waals surface area contributed by atoms with Crippen molar-refractivity contribution in [3.8, 4) is 0 Å². The van der Waals surface area contributed by atoms with Crippen LogP contribution in [-0.2, 0) is 6.42 Å². The van der Waals surface area contributed by atoms with Gasteiger partial charge in [0.1, 0.15) is 0 Å². The zero-order valence-electron chi connectivity index (χ0n) is 22.6. The number of aryl methyl sites for hydroxylation is 1. The Kier molecular flexibility index (Phi) is 8.13. The Bertz CT molecular complexity index is 798. The van der Waals surface area contributed by atoms with E-state index >= 15 is 0 Å². The van der Waals surface area contributed by atoms with Crippen LogP contribution in [0.3, 0.4) is 0 Å². The van der Waals surface area contributed by atoms with E-state index in [0.29, 0.717) is 10.8 Å². The first kappa shape index (κ1) is 25.1. The van der Waals surface area contributed by atoms with E-state index in [-0.39, 0.29) is 0 Å². The first-order valence-electron chi connectivity index (χ1n) is 14.8. The summed E-state index contributed by atoms with van der Waals surface area (Å²) >= 11 is 0. The fourth-order valence-corrected chi connectivity index (χ4v) is 8.92. The molecule has 1 aromatic rings. The lowest BCUT2D eigenvalue weighted by atomic mass is 9.47. The minimum Gasteiger partial charge on any atom is -0.0845 e. The lowest BCUT2D eigenvalue weighted by Gasteiger charge is -2.57. The van der Waals surface area contributed by atoms with Crippen LogP contribution in [0.25, 0.3) is 0 Å². The molecule has 0 heteroatoms. The summed E-state index contributed by atoms with van der Waals surface area (Å²) in [5.74, 6) is 3.83. The predicted molar refractivity (Wildman–Crippen MR) is 145 cm³/mol. The third-order valence-electron chi connectivity index (χ3n) is 10.4. The largest absolute Gasteiger partial charge is 0.0845 e. The van der Waals surface area contributed by atoms with Gasteiger partial charge in [-0.3, -0.25) is 0 Å². The fourth-order valence-electron chi connectivity index (χ4n) is 8.92. The van der Waals surface area contributed by atoms with Crippen molar-refractivity contribution < 1.29 is 0 Å². The van der Waals surface area contributed by atoms with Crippen LogP contribution in [0.1, 0.15) is 135 Å². The highest BCUT2D eigenvalue weighted by molar-refractivity contribution is 5.33. The molecule has 4 unspecified atom stereocenters. The summed E-state index contributed by atoms with van der Waals surface area (Å²) in [7, 11) is 0. The first-order valence-corrected chi connectivity index (χ1v) is 14.8. The van der Waals surface area contributed by atoms with Gasteiger partial charge in [-0.25, -0.2) is 0 Å². The summed E-state index contributed by atoms with van der Waals surface area (Å²) < 4.78 is 0. The smallest absolute Gasteiger partial charge is 0.00803 e. The quantitative estimate of drug-likeness (QED) is 0.346. The molecule has 0 radical (unpaired) electrons. The molecule has 3 saturated carbocycles. The van der Waals surface area contributed by atoms with Gasteiger partial charge < -0.3 is 0 Å². The number of hydrogen-bond donors (Lipinski definition) is 0. The number of fused-ring (bicyclic) bond motifs is 6. The highest BCUT2D eigenvalue weighted by atomic mass is 14.6. The molecule has 184 valence electrons. The molecular weight excluding hydrogens is 396 g/mol. The van der Waals surface area contributed by atoms with Gasteiger partial charge in [0.25, 0.3) is 0 Å². The summed E-state index contributed by atoms with van der Waals surface area (Å²) in [6.45, 7) is 11.7. The van der Waals surface area contributed by atoms with Crippen molar-refractivity contribution in [3.05, 3.63) is 47.0 Å². The molecule has 0 aliphatic heterocycles. The lowest BCUT2D eigenvalue weighted by molar-refractivity contribution is -0.0110. The van der Waals surface area contributed by atoms with Crippen LogP contribution in [0, 0.1) is 28.6 Å². The van der Waals surface area contributed by atoms with Crippen molar-refractivity contribution in [2.24, 2.45) is 28.6 Å².